The van der Waals surface area contributed by atoms with Crippen LogP contribution in [0, 0.1) is 6.92 Å². The fraction of sp³-hybridized carbons (Fsp3) is 0.462. The van der Waals surface area contributed by atoms with E-state index >= 15 is 0 Å². The zero-order valence-electron chi connectivity index (χ0n) is 12.0. The number of hydrogen-bond donors (Lipinski definition) is 1. The molecule has 2 rings (SSSR count). The molecule has 1 heterocycles. The molecule has 0 spiro atoms. The Morgan fingerprint density at radius 1 is 1.36 bits per heavy atom. The number of hydrogen-bond acceptors (Lipinski definition) is 6. The van der Waals surface area contributed by atoms with Crippen LogP contribution < -0.4 is 4.72 Å². The lowest BCUT2D eigenvalue weighted by Crippen LogP contribution is -2.32. The summed E-state index contributed by atoms with van der Waals surface area (Å²) in [5, 5.41) is -0.142. The first-order chi connectivity index (χ1) is 10.2. The Morgan fingerprint density at radius 2 is 2.05 bits per heavy atom. The van der Waals surface area contributed by atoms with Gasteiger partial charge in [0.25, 0.3) is 10.0 Å². The molecular weight excluding hydrogens is 346 g/mol. The number of sulfonamides is 1. The molecule has 0 aliphatic carbocycles. The molecule has 1 unspecified atom stereocenters. The molecule has 1 amide bonds. The monoisotopic (exact) mass is 363 g/mol. The van der Waals surface area contributed by atoms with Crippen LogP contribution in [0.15, 0.2) is 29.2 Å². The normalized spacial score (nSPS) is 20.7. The van der Waals surface area contributed by atoms with E-state index in [1.165, 1.54) is 17.8 Å². The smallest absolute Gasteiger partial charge is 0.264 e. The van der Waals surface area contributed by atoms with Crippen LogP contribution in [0.4, 0.5) is 0 Å². The zero-order valence-corrected chi connectivity index (χ0v) is 14.4. The van der Waals surface area contributed by atoms with E-state index in [1.807, 2.05) is 4.72 Å². The van der Waals surface area contributed by atoms with Crippen molar-refractivity contribution in [3.63, 3.8) is 0 Å². The molecule has 22 heavy (non-hydrogen) atoms. The van der Waals surface area contributed by atoms with Crippen molar-refractivity contribution in [2.45, 2.75) is 23.5 Å². The Balaban J connectivity index is 1.93. The molecule has 1 aliphatic heterocycles. The van der Waals surface area contributed by atoms with Crippen LogP contribution in [0.25, 0.3) is 0 Å². The topological polar surface area (TPSA) is 97.4 Å². The molecule has 0 bridgehead atoms. The minimum Gasteiger partial charge on any atom is -0.273 e. The summed E-state index contributed by atoms with van der Waals surface area (Å²) in [6, 6.07) is 6.38. The van der Waals surface area contributed by atoms with Gasteiger partial charge in [0, 0.05) is 5.25 Å². The van der Waals surface area contributed by atoms with Crippen molar-refractivity contribution in [3.05, 3.63) is 29.8 Å². The van der Waals surface area contributed by atoms with Crippen LogP contribution in [0.5, 0.6) is 0 Å². The van der Waals surface area contributed by atoms with Crippen LogP contribution in [0.3, 0.4) is 0 Å². The highest BCUT2D eigenvalue weighted by atomic mass is 32.2. The minimum atomic E-state index is -3.89. The summed E-state index contributed by atoms with van der Waals surface area (Å²) in [6.07, 6.45) is 0.505. The first-order valence-corrected chi connectivity index (χ1v) is 11.0. The van der Waals surface area contributed by atoms with E-state index in [-0.39, 0.29) is 27.4 Å². The Bertz CT molecular complexity index is 771. The number of nitrogens with one attached hydrogen (secondary N) is 1. The quantitative estimate of drug-likeness (QED) is 0.828. The van der Waals surface area contributed by atoms with Crippen LogP contribution in [-0.2, 0) is 24.7 Å². The number of thioether (sulfide) groups is 1. The standard InChI is InChI=1S/C13H17NO5S3/c1-10-4-2-3-5-12(10)22(18,19)14-13(15)8-20-11-6-7-21(16,17)9-11/h2-5,11H,6-9H2,1H3,(H,14,15). The molecule has 1 fully saturated rings. The highest BCUT2D eigenvalue weighted by Crippen LogP contribution is 2.24. The third-order valence-electron chi connectivity index (χ3n) is 3.27. The molecule has 0 saturated carbocycles. The van der Waals surface area contributed by atoms with Crippen molar-refractivity contribution < 1.29 is 21.6 Å². The molecule has 6 nitrogen and oxygen atoms in total. The second-order valence-corrected chi connectivity index (χ2v) is 10.3. The zero-order chi connectivity index (χ0) is 16.4. The molecular formula is C13H17NO5S3. The Hall–Kier alpha value is -1.06. The summed E-state index contributed by atoms with van der Waals surface area (Å²) in [7, 11) is -6.89. The van der Waals surface area contributed by atoms with Crippen molar-refractivity contribution in [1.82, 2.24) is 4.72 Å². The Morgan fingerprint density at radius 3 is 2.64 bits per heavy atom. The van der Waals surface area contributed by atoms with E-state index in [0.29, 0.717) is 12.0 Å². The van der Waals surface area contributed by atoms with Gasteiger partial charge < -0.3 is 0 Å². The van der Waals surface area contributed by atoms with Gasteiger partial charge in [-0.3, -0.25) is 4.79 Å². The third-order valence-corrected chi connectivity index (χ3v) is 8.09. The molecule has 1 atom stereocenters. The van der Waals surface area contributed by atoms with E-state index in [9.17, 15) is 21.6 Å². The van der Waals surface area contributed by atoms with Crippen LogP contribution in [0.2, 0.25) is 0 Å². The summed E-state index contributed by atoms with van der Waals surface area (Å²) in [5.74, 6) is -0.535. The van der Waals surface area contributed by atoms with Crippen molar-refractivity contribution in [2.75, 3.05) is 17.3 Å². The summed E-state index contributed by atoms with van der Waals surface area (Å²) in [5.41, 5.74) is 0.553. The third kappa shape index (κ3) is 4.47. The lowest BCUT2D eigenvalue weighted by Gasteiger charge is -2.10. The van der Waals surface area contributed by atoms with E-state index in [1.54, 1.807) is 25.1 Å². The van der Waals surface area contributed by atoms with Gasteiger partial charge in [0.1, 0.15) is 0 Å². The van der Waals surface area contributed by atoms with Crippen LogP contribution in [0.1, 0.15) is 12.0 Å². The van der Waals surface area contributed by atoms with E-state index in [2.05, 4.69) is 0 Å². The molecule has 0 aromatic heterocycles. The lowest BCUT2D eigenvalue weighted by atomic mass is 10.2. The Labute approximate surface area is 134 Å². The van der Waals surface area contributed by atoms with Gasteiger partial charge in [0.05, 0.1) is 22.2 Å². The van der Waals surface area contributed by atoms with Crippen molar-refractivity contribution in [2.24, 2.45) is 0 Å². The first-order valence-electron chi connectivity index (χ1n) is 6.63. The van der Waals surface area contributed by atoms with Crippen molar-refractivity contribution in [3.8, 4) is 0 Å². The highest BCUT2D eigenvalue weighted by molar-refractivity contribution is 8.02. The second kappa shape index (κ2) is 6.59. The van der Waals surface area contributed by atoms with Gasteiger partial charge in [0.2, 0.25) is 5.91 Å². The summed E-state index contributed by atoms with van der Waals surface area (Å²) >= 11 is 1.18. The number of aryl methyl sites for hydroxylation is 1. The predicted molar refractivity (Wildman–Crippen MR) is 86.0 cm³/mol. The summed E-state index contributed by atoms with van der Waals surface area (Å²) in [4.78, 5) is 11.9. The SMILES string of the molecule is Cc1ccccc1S(=O)(=O)NC(=O)CSC1CCS(=O)(=O)C1. The number of amides is 1. The van der Waals surface area contributed by atoms with Gasteiger partial charge in [-0.1, -0.05) is 18.2 Å². The maximum absolute atomic E-state index is 12.1. The number of carbonyl (C=O) groups is 1. The van der Waals surface area contributed by atoms with Crippen molar-refractivity contribution >= 4 is 37.5 Å². The molecule has 9 heteroatoms. The summed E-state index contributed by atoms with van der Waals surface area (Å²) in [6.45, 7) is 1.65. The second-order valence-electron chi connectivity index (χ2n) is 5.13. The first kappa shape index (κ1) is 17.3. The number of rotatable bonds is 5. The van der Waals surface area contributed by atoms with E-state index < -0.39 is 25.8 Å². The summed E-state index contributed by atoms with van der Waals surface area (Å²) < 4.78 is 48.9. The van der Waals surface area contributed by atoms with E-state index in [0.717, 1.165) is 0 Å². The number of benzene rings is 1. The maximum atomic E-state index is 12.1. The average Bonchev–Trinajstić information content (AvgIpc) is 2.76. The van der Waals surface area contributed by atoms with Gasteiger partial charge in [-0.25, -0.2) is 21.6 Å². The molecule has 1 saturated heterocycles. The molecule has 1 aliphatic rings. The molecule has 1 aromatic rings. The molecule has 1 aromatic carbocycles. The highest BCUT2D eigenvalue weighted by Gasteiger charge is 2.29. The van der Waals surface area contributed by atoms with Gasteiger partial charge in [0.15, 0.2) is 9.84 Å². The Kier molecular flexibility index (Phi) is 5.18. The van der Waals surface area contributed by atoms with Gasteiger partial charge >= 0.3 is 0 Å². The molecule has 1 N–H and O–H groups in total. The number of sulfone groups is 1. The predicted octanol–water partition coefficient (Wildman–Crippen LogP) is 0.720. The fourth-order valence-electron chi connectivity index (χ4n) is 2.18. The minimum absolute atomic E-state index is 0.0511. The van der Waals surface area contributed by atoms with Gasteiger partial charge in [-0.2, -0.15) is 0 Å². The van der Waals surface area contributed by atoms with Crippen molar-refractivity contribution in [1.29, 1.82) is 0 Å². The lowest BCUT2D eigenvalue weighted by molar-refractivity contribution is -0.116. The molecule has 122 valence electrons. The molecule has 0 radical (unpaired) electrons. The fourth-order valence-corrected chi connectivity index (χ4v) is 6.94. The van der Waals surface area contributed by atoms with Crippen LogP contribution in [-0.4, -0.2) is 45.3 Å². The largest absolute Gasteiger partial charge is 0.273 e. The maximum Gasteiger partial charge on any atom is 0.264 e. The average molecular weight is 363 g/mol. The van der Waals surface area contributed by atoms with Gasteiger partial charge in [-0.15, -0.1) is 11.8 Å². The number of carbonyl (C=O) groups excluding carboxylic acids is 1. The van der Waals surface area contributed by atoms with Gasteiger partial charge in [-0.05, 0) is 25.0 Å². The van der Waals surface area contributed by atoms with Crippen LogP contribution >= 0.6 is 11.8 Å². The van der Waals surface area contributed by atoms with E-state index in [4.69, 9.17) is 0 Å².